The minimum Gasteiger partial charge on any atom is -0.354 e. The third-order valence-electron chi connectivity index (χ3n) is 2.63. The van der Waals surface area contributed by atoms with Gasteiger partial charge in [0.2, 0.25) is 11.7 Å². The van der Waals surface area contributed by atoms with Crippen molar-refractivity contribution in [3.63, 3.8) is 0 Å². The molecular formula is C11H12N8OS. The SMILES string of the molecule is O=C(Cn1nnc(-c2cccs2)n1)NCCc1ncn[nH]1. The largest absolute Gasteiger partial charge is 0.354 e. The van der Waals surface area contributed by atoms with Crippen molar-refractivity contribution in [3.8, 4) is 10.7 Å². The quantitative estimate of drug-likeness (QED) is 0.656. The molecule has 10 heteroatoms. The number of H-pyrrole nitrogens is 1. The lowest BCUT2D eigenvalue weighted by molar-refractivity contribution is -0.122. The van der Waals surface area contributed by atoms with Crippen LogP contribution in [0.5, 0.6) is 0 Å². The molecule has 108 valence electrons. The molecule has 0 spiro atoms. The Morgan fingerprint density at radius 2 is 2.43 bits per heavy atom. The zero-order valence-corrected chi connectivity index (χ0v) is 11.7. The molecule has 0 aliphatic rings. The number of nitrogens with zero attached hydrogens (tertiary/aromatic N) is 6. The predicted molar refractivity (Wildman–Crippen MR) is 74.2 cm³/mol. The molecule has 0 bridgehead atoms. The van der Waals surface area contributed by atoms with Crippen molar-refractivity contribution in [2.75, 3.05) is 6.54 Å². The number of carbonyl (C=O) groups excluding carboxylic acids is 1. The van der Waals surface area contributed by atoms with Gasteiger partial charge in [-0.1, -0.05) is 6.07 Å². The fourth-order valence-corrected chi connectivity index (χ4v) is 2.32. The van der Waals surface area contributed by atoms with Crippen LogP contribution in [0.3, 0.4) is 0 Å². The Morgan fingerprint density at radius 3 is 3.19 bits per heavy atom. The van der Waals surface area contributed by atoms with Crippen LogP contribution in [0.25, 0.3) is 10.7 Å². The first-order valence-corrected chi connectivity index (χ1v) is 7.12. The molecule has 3 aromatic rings. The monoisotopic (exact) mass is 304 g/mol. The molecular weight excluding hydrogens is 292 g/mol. The van der Waals surface area contributed by atoms with Crippen LogP contribution in [0.15, 0.2) is 23.8 Å². The molecule has 0 fully saturated rings. The lowest BCUT2D eigenvalue weighted by Gasteiger charge is -2.02. The number of hydrogen-bond acceptors (Lipinski definition) is 7. The van der Waals surface area contributed by atoms with Gasteiger partial charge < -0.3 is 5.32 Å². The van der Waals surface area contributed by atoms with Crippen LogP contribution < -0.4 is 5.32 Å². The van der Waals surface area contributed by atoms with Crippen LogP contribution in [0.4, 0.5) is 0 Å². The second-order valence-corrected chi connectivity index (χ2v) is 5.10. The first kappa shape index (κ1) is 13.4. The van der Waals surface area contributed by atoms with Gasteiger partial charge in [-0.05, 0) is 16.7 Å². The smallest absolute Gasteiger partial charge is 0.243 e. The Balaban J connectivity index is 1.48. The van der Waals surface area contributed by atoms with E-state index in [0.29, 0.717) is 18.8 Å². The fraction of sp³-hybridized carbons (Fsp3) is 0.273. The number of carbonyl (C=O) groups is 1. The summed E-state index contributed by atoms with van der Waals surface area (Å²) in [6, 6.07) is 3.82. The molecule has 0 aromatic carbocycles. The minimum absolute atomic E-state index is 0.0365. The Kier molecular flexibility index (Phi) is 3.96. The number of thiophene rings is 1. The maximum atomic E-state index is 11.8. The van der Waals surface area contributed by atoms with E-state index in [1.54, 1.807) is 0 Å². The van der Waals surface area contributed by atoms with Crippen LogP contribution in [0.1, 0.15) is 5.82 Å². The second-order valence-electron chi connectivity index (χ2n) is 4.15. The third kappa shape index (κ3) is 3.48. The van der Waals surface area contributed by atoms with E-state index in [0.717, 1.165) is 10.7 Å². The molecule has 0 radical (unpaired) electrons. The molecule has 0 saturated heterocycles. The van der Waals surface area contributed by atoms with E-state index in [1.807, 2.05) is 17.5 Å². The topological polar surface area (TPSA) is 114 Å². The van der Waals surface area contributed by atoms with Crippen molar-refractivity contribution in [1.29, 1.82) is 0 Å². The number of rotatable bonds is 6. The van der Waals surface area contributed by atoms with Crippen LogP contribution in [0.2, 0.25) is 0 Å². The molecule has 3 heterocycles. The maximum Gasteiger partial charge on any atom is 0.243 e. The van der Waals surface area contributed by atoms with Gasteiger partial charge in [0, 0.05) is 13.0 Å². The second kappa shape index (κ2) is 6.22. The summed E-state index contributed by atoms with van der Waals surface area (Å²) in [6.07, 6.45) is 2.03. The average Bonchev–Trinajstić information content (AvgIpc) is 3.21. The number of aromatic amines is 1. The maximum absolute atomic E-state index is 11.8. The molecule has 0 aliphatic carbocycles. The number of aromatic nitrogens is 7. The number of hydrogen-bond donors (Lipinski definition) is 2. The van der Waals surface area contributed by atoms with E-state index in [4.69, 9.17) is 0 Å². The summed E-state index contributed by atoms with van der Waals surface area (Å²) >= 11 is 1.53. The van der Waals surface area contributed by atoms with E-state index >= 15 is 0 Å². The molecule has 21 heavy (non-hydrogen) atoms. The van der Waals surface area contributed by atoms with E-state index in [9.17, 15) is 4.79 Å². The van der Waals surface area contributed by atoms with Crippen LogP contribution >= 0.6 is 11.3 Å². The highest BCUT2D eigenvalue weighted by atomic mass is 32.1. The van der Waals surface area contributed by atoms with Gasteiger partial charge in [-0.25, -0.2) is 4.98 Å². The van der Waals surface area contributed by atoms with Gasteiger partial charge in [0.25, 0.3) is 0 Å². The highest BCUT2D eigenvalue weighted by molar-refractivity contribution is 7.13. The highest BCUT2D eigenvalue weighted by Gasteiger charge is 2.09. The molecule has 0 saturated carbocycles. The van der Waals surface area contributed by atoms with Gasteiger partial charge in [0.1, 0.15) is 18.7 Å². The number of nitrogens with one attached hydrogen (secondary N) is 2. The minimum atomic E-state index is -0.176. The molecule has 0 aliphatic heterocycles. The van der Waals surface area contributed by atoms with Gasteiger partial charge >= 0.3 is 0 Å². The Hall–Kier alpha value is -2.62. The van der Waals surface area contributed by atoms with Crippen LogP contribution in [0, 0.1) is 0 Å². The molecule has 2 N–H and O–H groups in total. The standard InChI is InChI=1S/C11H12N8OS/c20-10(12-4-3-9-13-7-14-15-9)6-19-17-11(16-18-19)8-2-1-5-21-8/h1-2,5,7H,3-4,6H2,(H,12,20)(H,13,14,15). The first-order chi connectivity index (χ1) is 10.3. The molecule has 0 atom stereocenters. The van der Waals surface area contributed by atoms with Gasteiger partial charge in [-0.2, -0.15) is 9.90 Å². The molecule has 0 unspecified atom stereocenters. The molecule has 3 aromatic heterocycles. The summed E-state index contributed by atoms with van der Waals surface area (Å²) in [5.41, 5.74) is 0. The van der Waals surface area contributed by atoms with Crippen molar-refractivity contribution in [3.05, 3.63) is 29.7 Å². The average molecular weight is 304 g/mol. The zero-order valence-electron chi connectivity index (χ0n) is 10.9. The fourth-order valence-electron chi connectivity index (χ4n) is 1.67. The first-order valence-electron chi connectivity index (χ1n) is 6.24. The van der Waals surface area contributed by atoms with E-state index in [-0.39, 0.29) is 12.5 Å². The summed E-state index contributed by atoms with van der Waals surface area (Å²) in [7, 11) is 0. The summed E-state index contributed by atoms with van der Waals surface area (Å²) in [4.78, 5) is 17.9. The molecule has 1 amide bonds. The van der Waals surface area contributed by atoms with Crippen LogP contribution in [-0.2, 0) is 17.8 Å². The van der Waals surface area contributed by atoms with E-state index < -0.39 is 0 Å². The Bertz CT molecular complexity index is 690. The Labute approximate surface area is 123 Å². The van der Waals surface area contributed by atoms with Gasteiger partial charge in [-0.15, -0.1) is 21.5 Å². The Morgan fingerprint density at radius 1 is 1.48 bits per heavy atom. The van der Waals surface area contributed by atoms with Gasteiger partial charge in [-0.3, -0.25) is 9.89 Å². The van der Waals surface area contributed by atoms with Crippen molar-refractivity contribution in [2.24, 2.45) is 0 Å². The van der Waals surface area contributed by atoms with Gasteiger partial charge in [0.05, 0.1) is 4.88 Å². The molecule has 9 nitrogen and oxygen atoms in total. The number of tetrazole rings is 1. The molecule has 3 rings (SSSR count). The van der Waals surface area contributed by atoms with E-state index in [2.05, 4.69) is 35.9 Å². The third-order valence-corrected chi connectivity index (χ3v) is 3.49. The van der Waals surface area contributed by atoms with Gasteiger partial charge in [0.15, 0.2) is 0 Å². The van der Waals surface area contributed by atoms with Crippen molar-refractivity contribution < 1.29 is 4.79 Å². The lowest BCUT2D eigenvalue weighted by atomic mass is 10.4. The summed E-state index contributed by atoms with van der Waals surface area (Å²) < 4.78 is 0. The zero-order chi connectivity index (χ0) is 14.5. The normalized spacial score (nSPS) is 10.7. The summed E-state index contributed by atoms with van der Waals surface area (Å²) in [5.74, 6) is 1.08. The van der Waals surface area contributed by atoms with Crippen LogP contribution in [-0.4, -0.2) is 47.8 Å². The van der Waals surface area contributed by atoms with Crippen molar-refractivity contribution >= 4 is 17.2 Å². The van der Waals surface area contributed by atoms with E-state index in [1.165, 1.54) is 22.5 Å². The summed E-state index contributed by atoms with van der Waals surface area (Å²) in [5, 5.41) is 23.1. The van der Waals surface area contributed by atoms with Crippen molar-refractivity contribution in [1.82, 2.24) is 40.7 Å². The predicted octanol–water partition coefficient (Wildman–Crippen LogP) is -0.121. The summed E-state index contributed by atoms with van der Waals surface area (Å²) in [6.45, 7) is 0.509. The number of amides is 1. The lowest BCUT2D eigenvalue weighted by Crippen LogP contribution is -2.30. The van der Waals surface area contributed by atoms with Crippen molar-refractivity contribution in [2.45, 2.75) is 13.0 Å². The highest BCUT2D eigenvalue weighted by Crippen LogP contribution is 2.19.